The van der Waals surface area contributed by atoms with Crippen LogP contribution < -0.4 is 5.32 Å². The minimum atomic E-state index is -1.28. The van der Waals surface area contributed by atoms with Gasteiger partial charge in [-0.1, -0.05) is 11.6 Å². The number of aromatic nitrogens is 1. The molecule has 1 aromatic heterocycles. The Morgan fingerprint density at radius 3 is 2.92 bits per heavy atom. The molecule has 0 aliphatic carbocycles. The van der Waals surface area contributed by atoms with Crippen LogP contribution in [0.15, 0.2) is 12.3 Å². The highest BCUT2D eigenvalue weighted by molar-refractivity contribution is 6.29. The molecule has 0 fully saturated rings. The van der Waals surface area contributed by atoms with E-state index in [9.17, 15) is 9.18 Å². The number of anilines is 1. The van der Waals surface area contributed by atoms with Gasteiger partial charge < -0.3 is 5.11 Å². The van der Waals surface area contributed by atoms with Crippen LogP contribution in [0.5, 0.6) is 0 Å². The molecule has 1 aromatic rings. The molecular formula is C6H4ClFN2O2. The Morgan fingerprint density at radius 1 is 1.75 bits per heavy atom. The molecule has 0 saturated heterocycles. The fraction of sp³-hybridized carbons (Fsp3) is 0. The summed E-state index contributed by atoms with van der Waals surface area (Å²) < 4.78 is 12.6. The molecule has 1 heterocycles. The Kier molecular flexibility index (Phi) is 2.44. The van der Waals surface area contributed by atoms with Crippen LogP contribution in [0.3, 0.4) is 0 Å². The summed E-state index contributed by atoms with van der Waals surface area (Å²) in [6.07, 6.45) is -0.155. The van der Waals surface area contributed by atoms with Crippen molar-refractivity contribution in [2.45, 2.75) is 0 Å². The van der Waals surface area contributed by atoms with E-state index < -0.39 is 11.9 Å². The molecule has 0 saturated carbocycles. The number of hydrogen-bond acceptors (Lipinski definition) is 2. The van der Waals surface area contributed by atoms with Gasteiger partial charge >= 0.3 is 6.09 Å². The zero-order valence-electron chi connectivity index (χ0n) is 5.71. The quantitative estimate of drug-likeness (QED) is 0.666. The first kappa shape index (κ1) is 8.73. The number of amides is 1. The Bertz CT molecular complexity index is 318. The van der Waals surface area contributed by atoms with Crippen LogP contribution in [0.2, 0.25) is 5.15 Å². The molecular weight excluding hydrogens is 187 g/mol. The molecule has 0 radical (unpaired) electrons. The molecule has 0 aliphatic heterocycles. The number of carbonyl (C=O) groups is 1. The Labute approximate surface area is 72.0 Å². The number of pyridine rings is 1. The van der Waals surface area contributed by atoms with Gasteiger partial charge in [0.05, 0.1) is 11.9 Å². The Morgan fingerprint density at radius 2 is 2.42 bits per heavy atom. The minimum Gasteiger partial charge on any atom is -0.465 e. The van der Waals surface area contributed by atoms with Gasteiger partial charge in [0, 0.05) is 6.07 Å². The molecule has 4 nitrogen and oxygen atoms in total. The zero-order chi connectivity index (χ0) is 9.14. The van der Waals surface area contributed by atoms with Crippen LogP contribution in [0.4, 0.5) is 14.9 Å². The van der Waals surface area contributed by atoms with Crippen LogP contribution in [0.1, 0.15) is 0 Å². The van der Waals surface area contributed by atoms with E-state index in [0.29, 0.717) is 0 Å². The summed E-state index contributed by atoms with van der Waals surface area (Å²) in [5.74, 6) is -0.761. The maximum Gasteiger partial charge on any atom is 0.409 e. The Hall–Kier alpha value is -1.36. The average Bonchev–Trinajstić information content (AvgIpc) is 1.96. The van der Waals surface area contributed by atoms with E-state index in [2.05, 4.69) is 4.98 Å². The number of halogens is 2. The van der Waals surface area contributed by atoms with Crippen molar-refractivity contribution in [2.24, 2.45) is 0 Å². The normalized spacial score (nSPS) is 9.50. The summed E-state index contributed by atoms with van der Waals surface area (Å²) >= 11 is 5.26. The van der Waals surface area contributed by atoms with E-state index in [1.54, 1.807) is 0 Å². The Balaban J connectivity index is 2.89. The summed E-state index contributed by atoms with van der Waals surface area (Å²) in [7, 11) is 0. The summed E-state index contributed by atoms with van der Waals surface area (Å²) in [6, 6.07) is 0.948. The highest BCUT2D eigenvalue weighted by Crippen LogP contribution is 2.14. The number of nitrogens with zero attached hydrogens (tertiary/aromatic N) is 1. The fourth-order valence-corrected chi connectivity index (χ4v) is 0.716. The molecule has 6 heteroatoms. The van der Waals surface area contributed by atoms with Crippen molar-refractivity contribution in [1.29, 1.82) is 0 Å². The maximum atomic E-state index is 12.6. The molecule has 64 valence electrons. The van der Waals surface area contributed by atoms with Gasteiger partial charge in [0.15, 0.2) is 11.0 Å². The molecule has 12 heavy (non-hydrogen) atoms. The lowest BCUT2D eigenvalue weighted by molar-refractivity contribution is 0.209. The maximum absolute atomic E-state index is 12.6. The lowest BCUT2D eigenvalue weighted by atomic mass is 10.4. The zero-order valence-corrected chi connectivity index (χ0v) is 6.47. The molecule has 0 aliphatic rings. The molecule has 0 unspecified atom stereocenters. The lowest BCUT2D eigenvalue weighted by Crippen LogP contribution is -2.07. The number of carboxylic acid groups (broad SMARTS) is 1. The van der Waals surface area contributed by atoms with Crippen LogP contribution in [-0.2, 0) is 0 Å². The molecule has 2 N–H and O–H groups in total. The van der Waals surface area contributed by atoms with Gasteiger partial charge in [-0.3, -0.25) is 5.32 Å². The van der Waals surface area contributed by atoms with Gasteiger partial charge in [-0.15, -0.1) is 0 Å². The van der Waals surface area contributed by atoms with Crippen molar-refractivity contribution in [3.8, 4) is 0 Å². The van der Waals surface area contributed by atoms with Crippen LogP contribution in [-0.4, -0.2) is 16.2 Å². The smallest absolute Gasteiger partial charge is 0.409 e. The second-order valence-electron chi connectivity index (χ2n) is 1.93. The van der Waals surface area contributed by atoms with E-state index >= 15 is 0 Å². The molecule has 0 aromatic carbocycles. The molecule has 1 amide bonds. The summed E-state index contributed by atoms with van der Waals surface area (Å²) in [5, 5.41) is 9.87. The van der Waals surface area contributed by atoms with Gasteiger partial charge in [-0.2, -0.15) is 0 Å². The first-order valence-corrected chi connectivity index (χ1v) is 3.28. The summed E-state index contributed by atoms with van der Waals surface area (Å²) in [4.78, 5) is 13.5. The monoisotopic (exact) mass is 190 g/mol. The predicted molar refractivity (Wildman–Crippen MR) is 40.9 cm³/mol. The van der Waals surface area contributed by atoms with Crippen molar-refractivity contribution < 1.29 is 14.3 Å². The number of hydrogen-bond donors (Lipinski definition) is 2. The van der Waals surface area contributed by atoms with Crippen LogP contribution >= 0.6 is 11.6 Å². The minimum absolute atomic E-state index is 0.0457. The van der Waals surface area contributed by atoms with Crippen LogP contribution in [0, 0.1) is 5.82 Å². The van der Waals surface area contributed by atoms with Crippen LogP contribution in [0.25, 0.3) is 0 Å². The topological polar surface area (TPSA) is 62.2 Å². The first-order valence-electron chi connectivity index (χ1n) is 2.90. The number of rotatable bonds is 1. The molecule has 0 atom stereocenters. The molecule has 1 rings (SSSR count). The average molecular weight is 191 g/mol. The van der Waals surface area contributed by atoms with Gasteiger partial charge in [-0.05, 0) is 0 Å². The summed E-state index contributed by atoms with van der Waals surface area (Å²) in [5.41, 5.74) is 0.0457. The van der Waals surface area contributed by atoms with Crippen molar-refractivity contribution in [1.82, 2.24) is 4.98 Å². The second-order valence-corrected chi connectivity index (χ2v) is 2.28. The van der Waals surface area contributed by atoms with E-state index in [1.165, 1.54) is 0 Å². The standard InChI is InChI=1S/C6H4ClFN2O2/c7-5-4(8)1-3(2-9-5)10-6(11)12/h1-2,10H,(H,11,12). The summed E-state index contributed by atoms with van der Waals surface area (Å²) in [6.45, 7) is 0. The first-order chi connectivity index (χ1) is 5.59. The van der Waals surface area contributed by atoms with Gasteiger partial charge in [0.1, 0.15) is 0 Å². The van der Waals surface area contributed by atoms with E-state index in [1.807, 2.05) is 5.32 Å². The third kappa shape index (κ3) is 2.06. The van der Waals surface area contributed by atoms with Gasteiger partial charge in [0.25, 0.3) is 0 Å². The third-order valence-corrected chi connectivity index (χ3v) is 1.33. The second kappa shape index (κ2) is 3.36. The highest BCUT2D eigenvalue weighted by Gasteiger charge is 2.03. The van der Waals surface area contributed by atoms with E-state index in [-0.39, 0.29) is 10.8 Å². The van der Waals surface area contributed by atoms with Crippen molar-refractivity contribution in [3.05, 3.63) is 23.2 Å². The van der Waals surface area contributed by atoms with E-state index in [0.717, 1.165) is 12.3 Å². The lowest BCUT2D eigenvalue weighted by Gasteiger charge is -1.99. The van der Waals surface area contributed by atoms with Gasteiger partial charge in [-0.25, -0.2) is 14.2 Å². The third-order valence-electron chi connectivity index (χ3n) is 1.05. The van der Waals surface area contributed by atoms with Crippen molar-refractivity contribution >= 4 is 23.4 Å². The SMILES string of the molecule is O=C(O)Nc1cnc(Cl)c(F)c1. The largest absolute Gasteiger partial charge is 0.465 e. The van der Waals surface area contributed by atoms with Crippen molar-refractivity contribution in [3.63, 3.8) is 0 Å². The highest BCUT2D eigenvalue weighted by atomic mass is 35.5. The van der Waals surface area contributed by atoms with Crippen molar-refractivity contribution in [2.75, 3.05) is 5.32 Å². The number of nitrogens with one attached hydrogen (secondary N) is 1. The fourth-order valence-electron chi connectivity index (χ4n) is 0.613. The van der Waals surface area contributed by atoms with Gasteiger partial charge in [0.2, 0.25) is 0 Å². The van der Waals surface area contributed by atoms with E-state index in [4.69, 9.17) is 16.7 Å². The molecule has 0 spiro atoms. The molecule has 0 bridgehead atoms. The predicted octanol–water partition coefficient (Wildman–Crippen LogP) is 1.96.